The van der Waals surface area contributed by atoms with Gasteiger partial charge in [-0.2, -0.15) is 0 Å². The number of aromatic nitrogens is 1. The Morgan fingerprint density at radius 1 is 1.25 bits per heavy atom. The van der Waals surface area contributed by atoms with Crippen molar-refractivity contribution in [3.63, 3.8) is 0 Å². The van der Waals surface area contributed by atoms with E-state index in [9.17, 15) is 8.42 Å². The lowest BCUT2D eigenvalue weighted by molar-refractivity contribution is 0.196. The molecular formula is C16H22N2O5S. The molecule has 132 valence electrons. The molecule has 8 heteroatoms. The zero-order valence-electron chi connectivity index (χ0n) is 14.3. The smallest absolute Gasteiger partial charge is 0.244 e. The third kappa shape index (κ3) is 3.95. The maximum absolute atomic E-state index is 12.6. The Balaban J connectivity index is 2.37. The van der Waals surface area contributed by atoms with Crippen molar-refractivity contribution in [3.05, 3.63) is 29.5 Å². The maximum atomic E-state index is 12.6. The van der Waals surface area contributed by atoms with E-state index in [-0.39, 0.29) is 17.2 Å². The first kappa shape index (κ1) is 18.4. The second-order valence-electron chi connectivity index (χ2n) is 5.33. The summed E-state index contributed by atoms with van der Waals surface area (Å²) in [5, 5.41) is 3.91. The van der Waals surface area contributed by atoms with E-state index < -0.39 is 10.0 Å². The standard InChI is InChI=1S/C16H22N2O5S/c1-11-12(2)18-23-16(11)13-6-7-14(22-4)15(10-13)24(19,20)17-8-5-9-21-3/h6-7,10,17H,5,8-9H2,1-4H3. The fraction of sp³-hybridized carbons (Fsp3) is 0.438. The molecule has 24 heavy (non-hydrogen) atoms. The maximum Gasteiger partial charge on any atom is 0.244 e. The average Bonchev–Trinajstić information content (AvgIpc) is 2.90. The number of hydrogen-bond acceptors (Lipinski definition) is 6. The van der Waals surface area contributed by atoms with Crippen molar-refractivity contribution in [2.45, 2.75) is 25.2 Å². The summed E-state index contributed by atoms with van der Waals surface area (Å²) in [6.45, 7) is 4.48. The Kier molecular flexibility index (Phi) is 5.98. The van der Waals surface area contributed by atoms with Crippen molar-refractivity contribution in [2.75, 3.05) is 27.4 Å². The van der Waals surface area contributed by atoms with Crippen LogP contribution in [0.25, 0.3) is 11.3 Å². The van der Waals surface area contributed by atoms with E-state index in [1.54, 1.807) is 19.2 Å². The van der Waals surface area contributed by atoms with Crippen molar-refractivity contribution >= 4 is 10.0 Å². The molecule has 1 N–H and O–H groups in total. The van der Waals surface area contributed by atoms with E-state index in [0.717, 1.165) is 11.3 Å². The van der Waals surface area contributed by atoms with E-state index in [4.69, 9.17) is 14.0 Å². The van der Waals surface area contributed by atoms with Crippen molar-refractivity contribution < 1.29 is 22.4 Å². The third-order valence-corrected chi connectivity index (χ3v) is 5.17. The van der Waals surface area contributed by atoms with Gasteiger partial charge in [-0.1, -0.05) is 5.16 Å². The molecule has 7 nitrogen and oxygen atoms in total. The third-order valence-electron chi connectivity index (χ3n) is 3.69. The number of hydrogen-bond donors (Lipinski definition) is 1. The van der Waals surface area contributed by atoms with Crippen LogP contribution in [-0.4, -0.2) is 40.9 Å². The minimum Gasteiger partial charge on any atom is -0.495 e. The van der Waals surface area contributed by atoms with E-state index in [2.05, 4.69) is 9.88 Å². The number of rotatable bonds is 8. The van der Waals surface area contributed by atoms with Crippen LogP contribution >= 0.6 is 0 Å². The normalized spacial score (nSPS) is 11.7. The molecule has 0 saturated heterocycles. The van der Waals surface area contributed by atoms with Crippen molar-refractivity contribution in [3.8, 4) is 17.1 Å². The lowest BCUT2D eigenvalue weighted by atomic mass is 10.1. The highest BCUT2D eigenvalue weighted by atomic mass is 32.2. The summed E-state index contributed by atoms with van der Waals surface area (Å²) < 4.78 is 43.1. The number of benzene rings is 1. The quantitative estimate of drug-likeness (QED) is 0.732. The van der Waals surface area contributed by atoms with Gasteiger partial charge in [0.1, 0.15) is 10.6 Å². The van der Waals surface area contributed by atoms with Crippen LogP contribution in [0, 0.1) is 13.8 Å². The first-order chi connectivity index (χ1) is 11.4. The predicted molar refractivity (Wildman–Crippen MR) is 89.6 cm³/mol. The Labute approximate surface area is 142 Å². The first-order valence-corrected chi connectivity index (χ1v) is 8.99. The second-order valence-corrected chi connectivity index (χ2v) is 7.07. The van der Waals surface area contributed by atoms with Gasteiger partial charge in [0.25, 0.3) is 0 Å². The molecule has 0 aliphatic heterocycles. The van der Waals surface area contributed by atoms with Crippen LogP contribution in [-0.2, 0) is 14.8 Å². The van der Waals surface area contributed by atoms with Crippen molar-refractivity contribution in [1.29, 1.82) is 0 Å². The number of aryl methyl sites for hydroxylation is 1. The summed E-state index contributed by atoms with van der Waals surface area (Å²) in [6, 6.07) is 4.89. The molecule has 1 aromatic heterocycles. The predicted octanol–water partition coefficient (Wildman–Crippen LogP) is 2.28. The Morgan fingerprint density at radius 3 is 2.58 bits per heavy atom. The molecule has 0 aliphatic carbocycles. The van der Waals surface area contributed by atoms with E-state index in [0.29, 0.717) is 24.4 Å². The Hall–Kier alpha value is -1.90. The van der Waals surface area contributed by atoms with Crippen LogP contribution in [0.2, 0.25) is 0 Å². The number of sulfonamides is 1. The number of ether oxygens (including phenoxy) is 2. The highest BCUT2D eigenvalue weighted by molar-refractivity contribution is 7.89. The van der Waals surface area contributed by atoms with Gasteiger partial charge < -0.3 is 14.0 Å². The van der Waals surface area contributed by atoms with Gasteiger partial charge in [-0.05, 0) is 38.5 Å². The fourth-order valence-corrected chi connectivity index (χ4v) is 3.48. The molecular weight excluding hydrogens is 332 g/mol. The van der Waals surface area contributed by atoms with Gasteiger partial charge in [-0.25, -0.2) is 13.1 Å². The zero-order valence-corrected chi connectivity index (χ0v) is 15.1. The van der Waals surface area contributed by atoms with E-state index >= 15 is 0 Å². The van der Waals surface area contributed by atoms with E-state index in [1.807, 2.05) is 13.8 Å². The minimum atomic E-state index is -3.71. The van der Waals surface area contributed by atoms with Gasteiger partial charge in [0.2, 0.25) is 10.0 Å². The van der Waals surface area contributed by atoms with Gasteiger partial charge in [0.15, 0.2) is 5.76 Å². The molecule has 2 aromatic rings. The number of nitrogens with one attached hydrogen (secondary N) is 1. The molecule has 0 bridgehead atoms. The highest BCUT2D eigenvalue weighted by Gasteiger charge is 2.22. The Bertz CT molecular complexity index is 799. The summed E-state index contributed by atoms with van der Waals surface area (Å²) in [6.07, 6.45) is 0.581. The first-order valence-electron chi connectivity index (χ1n) is 7.50. The van der Waals surface area contributed by atoms with Crippen molar-refractivity contribution in [2.24, 2.45) is 0 Å². The fourth-order valence-electron chi connectivity index (χ4n) is 2.21. The largest absolute Gasteiger partial charge is 0.495 e. The molecule has 1 aromatic carbocycles. The topological polar surface area (TPSA) is 90.7 Å². The van der Waals surface area contributed by atoms with Gasteiger partial charge in [-0.3, -0.25) is 0 Å². The summed E-state index contributed by atoms with van der Waals surface area (Å²) in [7, 11) is -0.707. The average molecular weight is 354 g/mol. The number of methoxy groups -OCH3 is 2. The number of nitrogens with zero attached hydrogens (tertiary/aromatic N) is 1. The van der Waals surface area contributed by atoms with Crippen LogP contribution in [0.3, 0.4) is 0 Å². The monoisotopic (exact) mass is 354 g/mol. The molecule has 0 spiro atoms. The molecule has 0 fully saturated rings. The summed E-state index contributed by atoms with van der Waals surface area (Å²) in [5.74, 6) is 0.817. The SMILES string of the molecule is COCCCNS(=O)(=O)c1cc(-c2onc(C)c2C)ccc1OC. The molecule has 2 rings (SSSR count). The van der Waals surface area contributed by atoms with E-state index in [1.165, 1.54) is 13.2 Å². The molecule has 0 aliphatic rings. The summed E-state index contributed by atoms with van der Waals surface area (Å²) in [5.41, 5.74) is 2.27. The highest BCUT2D eigenvalue weighted by Crippen LogP contribution is 2.32. The minimum absolute atomic E-state index is 0.0633. The zero-order chi connectivity index (χ0) is 17.7. The van der Waals surface area contributed by atoms with Gasteiger partial charge in [0.05, 0.1) is 12.8 Å². The summed E-state index contributed by atoms with van der Waals surface area (Å²) >= 11 is 0. The van der Waals surface area contributed by atoms with Crippen LogP contribution < -0.4 is 9.46 Å². The lowest BCUT2D eigenvalue weighted by Crippen LogP contribution is -2.26. The van der Waals surface area contributed by atoms with Crippen LogP contribution in [0.5, 0.6) is 5.75 Å². The molecule has 0 radical (unpaired) electrons. The van der Waals surface area contributed by atoms with Gasteiger partial charge >= 0.3 is 0 Å². The molecule has 1 heterocycles. The Morgan fingerprint density at radius 2 is 2.00 bits per heavy atom. The molecule has 0 amide bonds. The molecule has 0 unspecified atom stereocenters. The van der Waals surface area contributed by atoms with Gasteiger partial charge in [-0.15, -0.1) is 0 Å². The summed E-state index contributed by atoms with van der Waals surface area (Å²) in [4.78, 5) is 0.0633. The van der Waals surface area contributed by atoms with Crippen LogP contribution in [0.4, 0.5) is 0 Å². The lowest BCUT2D eigenvalue weighted by Gasteiger charge is -2.12. The molecule has 0 atom stereocenters. The van der Waals surface area contributed by atoms with Gasteiger partial charge in [0, 0.05) is 31.4 Å². The van der Waals surface area contributed by atoms with Crippen LogP contribution in [0.1, 0.15) is 17.7 Å². The van der Waals surface area contributed by atoms with Crippen LogP contribution in [0.15, 0.2) is 27.6 Å². The van der Waals surface area contributed by atoms with Crippen molar-refractivity contribution in [1.82, 2.24) is 9.88 Å². The molecule has 0 saturated carbocycles. The second kappa shape index (κ2) is 7.78.